The molecule has 0 aliphatic rings. The summed E-state index contributed by atoms with van der Waals surface area (Å²) in [6.07, 6.45) is 4.33. The van der Waals surface area contributed by atoms with E-state index >= 15 is 0 Å². The van der Waals surface area contributed by atoms with Gasteiger partial charge in [0, 0.05) is 11.5 Å². The van der Waals surface area contributed by atoms with E-state index in [1.807, 2.05) is 22.9 Å². The standard InChI is InChI=1S/C10H13N4/c11-13-8-12-14(9-13)7-6-10-4-2-1-3-5-10/h1-5,8-9H,6-7,11H2/q+1. The number of benzene rings is 1. The summed E-state index contributed by atoms with van der Waals surface area (Å²) in [7, 11) is 0. The fourth-order valence-electron chi connectivity index (χ4n) is 1.34. The number of nitrogens with zero attached hydrogens (tertiary/aromatic N) is 3. The second-order valence-electron chi connectivity index (χ2n) is 3.19. The van der Waals surface area contributed by atoms with Crippen molar-refractivity contribution in [3.63, 3.8) is 0 Å². The van der Waals surface area contributed by atoms with Crippen LogP contribution in [0.3, 0.4) is 0 Å². The van der Waals surface area contributed by atoms with Gasteiger partial charge in [0.2, 0.25) is 6.33 Å². The summed E-state index contributed by atoms with van der Waals surface area (Å²) in [5.74, 6) is 5.48. The number of aromatic nitrogens is 3. The molecule has 2 aromatic rings. The highest BCUT2D eigenvalue weighted by molar-refractivity contribution is 5.14. The normalized spacial score (nSPS) is 10.3. The van der Waals surface area contributed by atoms with Crippen LogP contribution in [0.2, 0.25) is 0 Å². The Labute approximate surface area is 82.6 Å². The molecule has 0 saturated carbocycles. The van der Waals surface area contributed by atoms with Gasteiger partial charge in [0.05, 0.1) is 0 Å². The molecule has 0 radical (unpaired) electrons. The van der Waals surface area contributed by atoms with E-state index in [4.69, 9.17) is 5.84 Å². The van der Waals surface area contributed by atoms with Gasteiger partial charge in [0.25, 0.3) is 6.33 Å². The quantitative estimate of drug-likeness (QED) is 0.551. The molecule has 14 heavy (non-hydrogen) atoms. The highest BCUT2D eigenvalue weighted by Crippen LogP contribution is 2.00. The van der Waals surface area contributed by atoms with Crippen LogP contribution in [0.5, 0.6) is 0 Å². The Bertz CT molecular complexity index is 394. The van der Waals surface area contributed by atoms with Crippen LogP contribution in [0.4, 0.5) is 0 Å². The van der Waals surface area contributed by atoms with Crippen LogP contribution in [-0.4, -0.2) is 9.78 Å². The highest BCUT2D eigenvalue weighted by Gasteiger charge is 2.02. The van der Waals surface area contributed by atoms with Crippen molar-refractivity contribution in [2.75, 3.05) is 5.84 Å². The molecule has 4 heteroatoms. The lowest BCUT2D eigenvalue weighted by atomic mass is 10.2. The smallest absolute Gasteiger partial charge is 0.286 e. The Morgan fingerprint density at radius 3 is 2.71 bits per heavy atom. The van der Waals surface area contributed by atoms with Crippen LogP contribution in [-0.2, 0) is 13.0 Å². The van der Waals surface area contributed by atoms with Crippen LogP contribution in [0.15, 0.2) is 43.0 Å². The minimum absolute atomic E-state index is 0.855. The Hall–Kier alpha value is -1.84. The third-order valence-corrected chi connectivity index (χ3v) is 2.07. The average Bonchev–Trinajstić information content (AvgIpc) is 2.63. The van der Waals surface area contributed by atoms with E-state index in [0.717, 1.165) is 13.0 Å². The molecule has 0 spiro atoms. The van der Waals surface area contributed by atoms with Gasteiger partial charge in [-0.15, -0.1) is 9.36 Å². The largest absolute Gasteiger partial charge is 0.289 e. The summed E-state index contributed by atoms with van der Waals surface area (Å²) in [5, 5.41) is 4.09. The molecule has 2 rings (SSSR count). The molecule has 4 nitrogen and oxygen atoms in total. The summed E-state index contributed by atoms with van der Waals surface area (Å²) < 4.78 is 3.28. The molecule has 1 heterocycles. The highest BCUT2D eigenvalue weighted by atomic mass is 15.4. The molecular weight excluding hydrogens is 176 g/mol. The van der Waals surface area contributed by atoms with Gasteiger partial charge in [-0.1, -0.05) is 30.3 Å². The van der Waals surface area contributed by atoms with E-state index < -0.39 is 0 Å². The first-order valence-corrected chi connectivity index (χ1v) is 4.57. The lowest BCUT2D eigenvalue weighted by Gasteiger charge is -1.95. The third-order valence-electron chi connectivity index (χ3n) is 2.07. The van der Waals surface area contributed by atoms with Crippen molar-refractivity contribution in [1.29, 1.82) is 0 Å². The Morgan fingerprint density at radius 1 is 1.29 bits per heavy atom. The summed E-state index contributed by atoms with van der Waals surface area (Å²) in [6.45, 7) is 0.855. The molecule has 0 aliphatic carbocycles. The molecule has 1 aromatic carbocycles. The minimum atomic E-state index is 0.855. The van der Waals surface area contributed by atoms with Gasteiger partial charge >= 0.3 is 0 Å². The molecular formula is C10H13N4+. The number of aryl methyl sites for hydroxylation is 2. The lowest BCUT2D eigenvalue weighted by Crippen LogP contribution is -2.42. The zero-order valence-electron chi connectivity index (χ0n) is 7.87. The second-order valence-corrected chi connectivity index (χ2v) is 3.19. The Balaban J connectivity index is 1.95. The van der Waals surface area contributed by atoms with Gasteiger partial charge in [-0.05, 0) is 5.56 Å². The molecule has 0 saturated heterocycles. The number of nitrogen functional groups attached to an aromatic ring is 1. The minimum Gasteiger partial charge on any atom is -0.289 e. The molecule has 0 unspecified atom stereocenters. The first-order valence-electron chi connectivity index (χ1n) is 4.57. The summed E-state index contributed by atoms with van der Waals surface area (Å²) in [5.41, 5.74) is 1.31. The summed E-state index contributed by atoms with van der Waals surface area (Å²) in [6, 6.07) is 10.3. The summed E-state index contributed by atoms with van der Waals surface area (Å²) in [4.78, 5) is 0. The van der Waals surface area contributed by atoms with Gasteiger partial charge in [-0.25, -0.2) is 0 Å². The SMILES string of the molecule is N[n+]1cnn(CCc2ccccc2)c1. The van der Waals surface area contributed by atoms with E-state index in [2.05, 4.69) is 17.2 Å². The number of nitrogens with two attached hydrogens (primary N) is 1. The van der Waals surface area contributed by atoms with Crippen molar-refractivity contribution in [2.24, 2.45) is 0 Å². The predicted octanol–water partition coefficient (Wildman–Crippen LogP) is 0.127. The lowest BCUT2D eigenvalue weighted by molar-refractivity contribution is -0.639. The monoisotopic (exact) mass is 189 g/mol. The predicted molar refractivity (Wildman–Crippen MR) is 52.7 cm³/mol. The second kappa shape index (κ2) is 3.91. The van der Waals surface area contributed by atoms with Crippen LogP contribution in [0.1, 0.15) is 5.56 Å². The maximum atomic E-state index is 5.48. The van der Waals surface area contributed by atoms with E-state index in [1.54, 1.807) is 12.7 Å². The van der Waals surface area contributed by atoms with Crippen molar-refractivity contribution in [1.82, 2.24) is 9.78 Å². The Morgan fingerprint density at radius 2 is 2.07 bits per heavy atom. The van der Waals surface area contributed by atoms with Gasteiger partial charge in [0.1, 0.15) is 6.54 Å². The van der Waals surface area contributed by atoms with Gasteiger partial charge in [-0.3, -0.25) is 5.84 Å². The van der Waals surface area contributed by atoms with E-state index in [9.17, 15) is 0 Å². The average molecular weight is 189 g/mol. The molecule has 0 aliphatic heterocycles. The summed E-state index contributed by atoms with van der Waals surface area (Å²) >= 11 is 0. The number of rotatable bonds is 3. The maximum absolute atomic E-state index is 5.48. The van der Waals surface area contributed by atoms with Crippen molar-refractivity contribution in [2.45, 2.75) is 13.0 Å². The first kappa shape index (κ1) is 8.74. The van der Waals surface area contributed by atoms with E-state index in [0.29, 0.717) is 0 Å². The zero-order valence-corrected chi connectivity index (χ0v) is 7.87. The van der Waals surface area contributed by atoms with Crippen LogP contribution < -0.4 is 10.5 Å². The first-order chi connectivity index (χ1) is 6.84. The molecule has 1 aromatic heterocycles. The van der Waals surface area contributed by atoms with Gasteiger partial charge < -0.3 is 0 Å². The molecule has 0 atom stereocenters. The van der Waals surface area contributed by atoms with Crippen LogP contribution in [0.25, 0.3) is 0 Å². The number of hydrogen-bond donors (Lipinski definition) is 1. The Kier molecular flexibility index (Phi) is 2.44. The van der Waals surface area contributed by atoms with E-state index in [1.165, 1.54) is 10.2 Å². The van der Waals surface area contributed by atoms with Crippen molar-refractivity contribution >= 4 is 0 Å². The molecule has 2 N–H and O–H groups in total. The van der Waals surface area contributed by atoms with Crippen LogP contribution >= 0.6 is 0 Å². The fraction of sp³-hybridized carbons (Fsp3) is 0.200. The van der Waals surface area contributed by atoms with Crippen molar-refractivity contribution < 1.29 is 4.68 Å². The van der Waals surface area contributed by atoms with Crippen molar-refractivity contribution in [3.8, 4) is 0 Å². The zero-order chi connectivity index (χ0) is 9.80. The molecule has 0 fully saturated rings. The van der Waals surface area contributed by atoms with E-state index in [-0.39, 0.29) is 0 Å². The third kappa shape index (κ3) is 2.10. The molecule has 0 amide bonds. The molecule has 0 bridgehead atoms. The molecule has 72 valence electrons. The fourth-order valence-corrected chi connectivity index (χ4v) is 1.34. The number of hydrogen-bond acceptors (Lipinski definition) is 2. The van der Waals surface area contributed by atoms with Crippen molar-refractivity contribution in [3.05, 3.63) is 48.5 Å². The maximum Gasteiger partial charge on any atom is 0.286 e. The van der Waals surface area contributed by atoms with Gasteiger partial charge in [0.15, 0.2) is 0 Å². The van der Waals surface area contributed by atoms with Crippen LogP contribution in [0, 0.1) is 0 Å². The van der Waals surface area contributed by atoms with Gasteiger partial charge in [-0.2, -0.15) is 0 Å². The topological polar surface area (TPSA) is 47.7 Å².